The molecule has 9 rings (SSSR count). The van der Waals surface area contributed by atoms with Crippen LogP contribution in [0.3, 0.4) is 0 Å². The molecular weight excluding hydrogens is 621 g/mol. The molecule has 0 saturated carbocycles. The van der Waals surface area contributed by atoms with Crippen LogP contribution in [0.4, 0.5) is 5.69 Å². The number of anilines is 1. The van der Waals surface area contributed by atoms with Gasteiger partial charge in [0, 0.05) is 18.1 Å². The highest BCUT2D eigenvalue weighted by atomic mass is 14.6. The third kappa shape index (κ3) is 6.11. The quantitative estimate of drug-likeness (QED) is 0.100. The zero-order valence-electron chi connectivity index (χ0n) is 27.8. The van der Waals surface area contributed by atoms with Crippen LogP contribution in [0.15, 0.2) is 182 Å². The first-order chi connectivity index (χ1) is 25.0. The van der Waals surface area contributed by atoms with E-state index in [9.17, 15) is 0 Å². The molecule has 4 nitrogen and oxygen atoms in total. The Balaban J connectivity index is 0.000000242. The SMILES string of the molecule is N=C1C=CC(c2c3ccccc3c(-c3cccc(-c4cccc5ccccc45)c3)c3ccccc23)=CC1=N.Nc1ccc(-c2ccncc2)cc1. The number of hydrogen-bond donors (Lipinski definition) is 3. The van der Waals surface area contributed by atoms with Crippen LogP contribution in [-0.4, -0.2) is 16.4 Å². The summed E-state index contributed by atoms with van der Waals surface area (Å²) in [6.07, 6.45) is 9.08. The van der Waals surface area contributed by atoms with Crippen LogP contribution in [0.1, 0.15) is 5.56 Å². The molecule has 0 atom stereocenters. The molecule has 51 heavy (non-hydrogen) atoms. The smallest absolute Gasteiger partial charge is 0.0795 e. The van der Waals surface area contributed by atoms with Crippen molar-refractivity contribution in [1.82, 2.24) is 4.98 Å². The molecule has 4 heteroatoms. The first kappa shape index (κ1) is 31.4. The first-order valence-corrected chi connectivity index (χ1v) is 16.9. The lowest BCUT2D eigenvalue weighted by Gasteiger charge is -2.19. The topological polar surface area (TPSA) is 86.6 Å². The number of benzene rings is 7. The van der Waals surface area contributed by atoms with Gasteiger partial charge < -0.3 is 5.73 Å². The Morgan fingerprint density at radius 3 is 1.65 bits per heavy atom. The summed E-state index contributed by atoms with van der Waals surface area (Å²) in [4.78, 5) is 3.96. The molecule has 0 unspecified atom stereocenters. The lowest BCUT2D eigenvalue weighted by molar-refractivity contribution is 1.33. The minimum absolute atomic E-state index is 0.238. The summed E-state index contributed by atoms with van der Waals surface area (Å²) in [6.45, 7) is 0. The zero-order chi connectivity index (χ0) is 34.7. The highest BCUT2D eigenvalue weighted by molar-refractivity contribution is 6.50. The number of allylic oxidation sites excluding steroid dienone is 4. The van der Waals surface area contributed by atoms with Gasteiger partial charge in [0.1, 0.15) is 0 Å². The second-order valence-electron chi connectivity index (χ2n) is 12.6. The summed E-state index contributed by atoms with van der Waals surface area (Å²) < 4.78 is 0. The second kappa shape index (κ2) is 13.5. The lowest BCUT2D eigenvalue weighted by atomic mass is 9.84. The first-order valence-electron chi connectivity index (χ1n) is 16.9. The van der Waals surface area contributed by atoms with Crippen molar-refractivity contribution >= 4 is 55.0 Å². The van der Waals surface area contributed by atoms with Crippen molar-refractivity contribution in [3.8, 4) is 33.4 Å². The van der Waals surface area contributed by atoms with Crippen molar-refractivity contribution in [2.45, 2.75) is 0 Å². The molecule has 8 aromatic rings. The molecule has 0 spiro atoms. The van der Waals surface area contributed by atoms with Gasteiger partial charge in [-0.2, -0.15) is 0 Å². The Morgan fingerprint density at radius 2 is 0.980 bits per heavy atom. The maximum atomic E-state index is 8.28. The fraction of sp³-hybridized carbons (Fsp3) is 0. The van der Waals surface area contributed by atoms with Crippen LogP contribution in [0.5, 0.6) is 0 Å². The van der Waals surface area contributed by atoms with E-state index in [0.717, 1.165) is 38.7 Å². The lowest BCUT2D eigenvalue weighted by Crippen LogP contribution is -2.10. The Morgan fingerprint density at radius 1 is 0.431 bits per heavy atom. The fourth-order valence-corrected chi connectivity index (χ4v) is 6.99. The van der Waals surface area contributed by atoms with Crippen molar-refractivity contribution in [2.24, 2.45) is 0 Å². The van der Waals surface area contributed by atoms with Gasteiger partial charge in [-0.25, -0.2) is 0 Å². The van der Waals surface area contributed by atoms with E-state index < -0.39 is 0 Å². The van der Waals surface area contributed by atoms with Gasteiger partial charge in [0.05, 0.1) is 11.4 Å². The number of pyridine rings is 1. The van der Waals surface area contributed by atoms with Gasteiger partial charge in [-0.05, 0) is 119 Å². The van der Waals surface area contributed by atoms with Crippen LogP contribution in [0.2, 0.25) is 0 Å². The Hall–Kier alpha value is -6.91. The van der Waals surface area contributed by atoms with E-state index >= 15 is 0 Å². The van der Waals surface area contributed by atoms with Gasteiger partial charge in [-0.1, -0.05) is 127 Å². The van der Waals surface area contributed by atoms with Gasteiger partial charge in [0.15, 0.2) is 0 Å². The van der Waals surface area contributed by atoms with Crippen LogP contribution in [0, 0.1) is 10.8 Å². The molecule has 1 aliphatic carbocycles. The average Bonchev–Trinajstić information content (AvgIpc) is 3.19. The third-order valence-electron chi connectivity index (χ3n) is 9.42. The van der Waals surface area contributed by atoms with Crippen molar-refractivity contribution in [1.29, 1.82) is 10.8 Å². The van der Waals surface area contributed by atoms with E-state index in [-0.39, 0.29) is 11.4 Å². The molecule has 0 aliphatic heterocycles. The molecule has 0 bridgehead atoms. The third-order valence-corrected chi connectivity index (χ3v) is 9.42. The molecular formula is C47H34N4. The van der Waals surface area contributed by atoms with E-state index in [1.807, 2.05) is 48.6 Å². The predicted molar refractivity (Wildman–Crippen MR) is 216 cm³/mol. The van der Waals surface area contributed by atoms with E-state index in [2.05, 4.69) is 120 Å². The Labute approximate surface area is 296 Å². The summed E-state index contributed by atoms with van der Waals surface area (Å²) in [5.74, 6) is 0. The van der Waals surface area contributed by atoms with Crippen molar-refractivity contribution in [2.75, 3.05) is 5.73 Å². The van der Waals surface area contributed by atoms with E-state index in [0.29, 0.717) is 0 Å². The van der Waals surface area contributed by atoms with Gasteiger partial charge >= 0.3 is 0 Å². The number of nitrogens with two attached hydrogens (primary N) is 1. The Bertz CT molecular complexity index is 2610. The predicted octanol–water partition coefficient (Wildman–Crippen LogP) is 11.8. The number of nitrogens with one attached hydrogen (secondary N) is 2. The van der Waals surface area contributed by atoms with E-state index in [1.165, 1.54) is 43.8 Å². The molecule has 4 N–H and O–H groups in total. The monoisotopic (exact) mass is 654 g/mol. The molecule has 7 aromatic carbocycles. The second-order valence-corrected chi connectivity index (χ2v) is 12.6. The number of fused-ring (bicyclic) bond motifs is 3. The number of aromatic nitrogens is 1. The fourth-order valence-electron chi connectivity index (χ4n) is 6.99. The van der Waals surface area contributed by atoms with Crippen LogP contribution in [0.25, 0.3) is 71.3 Å². The van der Waals surface area contributed by atoms with Crippen molar-refractivity contribution < 1.29 is 0 Å². The minimum atomic E-state index is 0.238. The molecule has 0 saturated heterocycles. The highest BCUT2D eigenvalue weighted by Crippen LogP contribution is 2.43. The van der Waals surface area contributed by atoms with E-state index in [4.69, 9.17) is 16.6 Å². The summed E-state index contributed by atoms with van der Waals surface area (Å²) in [5, 5.41) is 23.4. The number of rotatable bonds is 4. The van der Waals surface area contributed by atoms with Gasteiger partial charge in [0.25, 0.3) is 0 Å². The van der Waals surface area contributed by atoms with Crippen molar-refractivity contribution in [3.05, 3.63) is 188 Å². The van der Waals surface area contributed by atoms with Gasteiger partial charge in [-0.15, -0.1) is 0 Å². The normalized spacial score (nSPS) is 12.5. The summed E-state index contributed by atoms with van der Waals surface area (Å²) in [7, 11) is 0. The number of hydrogen-bond acceptors (Lipinski definition) is 4. The van der Waals surface area contributed by atoms with Crippen LogP contribution in [-0.2, 0) is 0 Å². The maximum Gasteiger partial charge on any atom is 0.0795 e. The molecule has 1 aliphatic rings. The largest absolute Gasteiger partial charge is 0.399 e. The minimum Gasteiger partial charge on any atom is -0.399 e. The average molecular weight is 655 g/mol. The summed E-state index contributed by atoms with van der Waals surface area (Å²) in [5.41, 5.74) is 16.1. The zero-order valence-corrected chi connectivity index (χ0v) is 27.8. The van der Waals surface area contributed by atoms with Crippen molar-refractivity contribution in [3.63, 3.8) is 0 Å². The Kier molecular flexibility index (Phi) is 8.33. The van der Waals surface area contributed by atoms with E-state index in [1.54, 1.807) is 18.5 Å². The number of nitrogen functional groups attached to an aromatic ring is 1. The molecule has 0 radical (unpaired) electrons. The van der Waals surface area contributed by atoms with Crippen LogP contribution >= 0.6 is 0 Å². The molecule has 242 valence electrons. The van der Waals surface area contributed by atoms with Gasteiger partial charge in [0.2, 0.25) is 0 Å². The van der Waals surface area contributed by atoms with Gasteiger partial charge in [-0.3, -0.25) is 15.8 Å². The molecule has 1 heterocycles. The summed E-state index contributed by atoms with van der Waals surface area (Å²) in [6, 6.07) is 52.8. The molecule has 0 amide bonds. The highest BCUT2D eigenvalue weighted by Gasteiger charge is 2.19. The standard InChI is InChI=1S/C36H24N2.C11H10N2/c37-33-20-19-26(22-34(33)38)36-31-16-5-3-14-29(31)35(30-15-4-6-17-32(30)36)25-12-7-11-24(21-25)28-18-8-10-23-9-1-2-13-27(23)28;12-11-3-1-9(2-4-11)10-5-7-13-8-6-10/h1-22,37-38H;1-8H,12H2. The number of nitrogens with zero attached hydrogens (tertiary/aromatic N) is 1. The maximum absolute atomic E-state index is 8.28. The summed E-state index contributed by atoms with van der Waals surface area (Å²) >= 11 is 0. The van der Waals surface area contributed by atoms with Crippen LogP contribution < -0.4 is 5.73 Å². The molecule has 0 fully saturated rings. The molecule has 1 aromatic heterocycles.